The van der Waals surface area contributed by atoms with Gasteiger partial charge >= 0.3 is 0 Å². The number of nitrogens with zero attached hydrogens (tertiary/aromatic N) is 6. The zero-order valence-electron chi connectivity index (χ0n) is 22.6. The summed E-state index contributed by atoms with van der Waals surface area (Å²) in [6, 6.07) is 12.0. The van der Waals surface area contributed by atoms with Crippen LogP contribution in [0.4, 0.5) is 5.69 Å². The molecule has 1 aromatic carbocycles. The number of piperazine rings is 1. The fourth-order valence-electron chi connectivity index (χ4n) is 5.54. The number of anilines is 1. The van der Waals surface area contributed by atoms with Crippen LogP contribution in [-0.2, 0) is 13.1 Å². The number of nitrogens with one attached hydrogen (secondary N) is 2. The number of rotatable bonds is 7. The summed E-state index contributed by atoms with van der Waals surface area (Å²) in [7, 11) is 2.15. The molecule has 9 heteroatoms. The molecule has 0 bridgehead atoms. The Morgan fingerprint density at radius 1 is 0.897 bits per heavy atom. The number of carbonyl (C=O) groups excluding carboxylic acids is 1. The second-order valence-electron chi connectivity index (χ2n) is 10.8. The lowest BCUT2D eigenvalue weighted by Crippen LogP contribution is -2.44. The van der Waals surface area contributed by atoms with Crippen LogP contribution in [0.3, 0.4) is 0 Å². The van der Waals surface area contributed by atoms with Crippen LogP contribution >= 0.6 is 0 Å². The number of aromatic nitrogens is 4. The molecule has 9 nitrogen and oxygen atoms in total. The van der Waals surface area contributed by atoms with Crippen molar-refractivity contribution in [1.29, 1.82) is 0 Å². The summed E-state index contributed by atoms with van der Waals surface area (Å²) >= 11 is 0. The average molecular weight is 525 g/mol. The summed E-state index contributed by atoms with van der Waals surface area (Å²) in [4.78, 5) is 29.6. The van der Waals surface area contributed by atoms with Gasteiger partial charge in [0, 0.05) is 74.5 Å². The van der Waals surface area contributed by atoms with Gasteiger partial charge in [0.2, 0.25) is 0 Å². The molecular weight excluding hydrogens is 488 g/mol. The van der Waals surface area contributed by atoms with E-state index in [4.69, 9.17) is 0 Å². The number of benzene rings is 1. The highest BCUT2D eigenvalue weighted by Crippen LogP contribution is 2.27. The Bertz CT molecular complexity index is 1440. The topological polar surface area (TPSA) is 93.3 Å². The second-order valence-corrected chi connectivity index (χ2v) is 10.8. The molecule has 1 amide bonds. The number of aromatic amines is 1. The molecule has 2 aliphatic rings. The van der Waals surface area contributed by atoms with E-state index >= 15 is 0 Å². The van der Waals surface area contributed by atoms with Gasteiger partial charge in [0.15, 0.2) is 5.69 Å². The number of fused-ring (bicyclic) bond motifs is 1. The molecular formula is C30H36N8O. The van der Waals surface area contributed by atoms with E-state index in [-0.39, 0.29) is 5.91 Å². The lowest BCUT2D eigenvalue weighted by Gasteiger charge is -2.32. The highest BCUT2D eigenvalue weighted by Gasteiger charge is 2.18. The summed E-state index contributed by atoms with van der Waals surface area (Å²) in [5.41, 5.74) is 6.15. The number of pyridine rings is 2. The predicted octanol–water partition coefficient (Wildman–Crippen LogP) is 4.01. The maximum Gasteiger partial charge on any atom is 0.276 e. The highest BCUT2D eigenvalue weighted by molar-refractivity contribution is 6.11. The van der Waals surface area contributed by atoms with Crippen LogP contribution < -0.4 is 5.32 Å². The van der Waals surface area contributed by atoms with Crippen molar-refractivity contribution in [2.24, 2.45) is 0 Å². The van der Waals surface area contributed by atoms with Gasteiger partial charge in [-0.05, 0) is 74.4 Å². The van der Waals surface area contributed by atoms with Gasteiger partial charge in [-0.1, -0.05) is 12.5 Å². The van der Waals surface area contributed by atoms with Gasteiger partial charge in [-0.3, -0.25) is 29.7 Å². The zero-order chi connectivity index (χ0) is 26.6. The molecule has 4 aromatic rings. The Hall–Kier alpha value is -3.66. The van der Waals surface area contributed by atoms with Crippen molar-refractivity contribution >= 4 is 22.5 Å². The minimum Gasteiger partial charge on any atom is -0.320 e. The van der Waals surface area contributed by atoms with Gasteiger partial charge in [-0.25, -0.2) is 0 Å². The number of likely N-dealkylation sites (N-methyl/N-ethyl adjacent to an activating group) is 1. The fraction of sp³-hybridized carbons (Fsp3) is 0.400. The SMILES string of the molecule is CN1CCN(Cc2cc(NC(=O)c3n[nH]c4ccc(-c5cncc(CN6CCCCC6)c5)cc34)ccn2)CC1. The quantitative estimate of drug-likeness (QED) is 0.377. The van der Waals surface area contributed by atoms with Crippen molar-refractivity contribution < 1.29 is 4.79 Å². The van der Waals surface area contributed by atoms with E-state index in [0.717, 1.165) is 85.8 Å². The van der Waals surface area contributed by atoms with Crippen molar-refractivity contribution in [1.82, 2.24) is 34.9 Å². The fourth-order valence-corrected chi connectivity index (χ4v) is 5.54. The normalized spacial score (nSPS) is 17.5. The van der Waals surface area contributed by atoms with E-state index in [1.807, 2.05) is 36.7 Å². The first kappa shape index (κ1) is 25.6. The first-order valence-electron chi connectivity index (χ1n) is 13.9. The van der Waals surface area contributed by atoms with Crippen LogP contribution in [-0.4, -0.2) is 87.1 Å². The molecule has 6 rings (SSSR count). The molecule has 0 saturated carbocycles. The largest absolute Gasteiger partial charge is 0.320 e. The van der Waals surface area contributed by atoms with Gasteiger partial charge in [0.25, 0.3) is 5.91 Å². The van der Waals surface area contributed by atoms with Crippen molar-refractivity contribution in [2.75, 3.05) is 51.6 Å². The molecule has 0 spiro atoms. The van der Waals surface area contributed by atoms with E-state index in [0.29, 0.717) is 5.69 Å². The van der Waals surface area contributed by atoms with Gasteiger partial charge in [-0.2, -0.15) is 5.10 Å². The Labute approximate surface area is 229 Å². The summed E-state index contributed by atoms with van der Waals surface area (Å²) in [5, 5.41) is 11.2. The Morgan fingerprint density at radius 2 is 1.72 bits per heavy atom. The summed E-state index contributed by atoms with van der Waals surface area (Å²) in [5.74, 6) is -0.243. The third-order valence-electron chi connectivity index (χ3n) is 7.82. The molecule has 2 saturated heterocycles. The van der Waals surface area contributed by atoms with E-state index in [1.54, 1.807) is 6.20 Å². The predicted molar refractivity (Wildman–Crippen MR) is 153 cm³/mol. The molecule has 3 aromatic heterocycles. The van der Waals surface area contributed by atoms with Gasteiger partial charge in [-0.15, -0.1) is 0 Å². The van der Waals surface area contributed by atoms with E-state index in [9.17, 15) is 4.79 Å². The van der Waals surface area contributed by atoms with Crippen molar-refractivity contribution in [3.05, 3.63) is 71.9 Å². The number of amides is 1. The standard InChI is InChI=1S/C30H36N8O/c1-36-11-13-38(14-12-36)21-26-17-25(7-8-32-26)33-30(39)29-27-16-23(5-6-28(27)34-35-29)24-15-22(18-31-19-24)20-37-9-3-2-4-10-37/h5-8,15-19H,2-4,9-14,20-21H2,1H3,(H,34,35)(H,32,33,39). The van der Waals surface area contributed by atoms with E-state index in [2.05, 4.69) is 59.4 Å². The molecule has 0 atom stereocenters. The number of likely N-dealkylation sites (tertiary alicyclic amines) is 1. The molecule has 2 aliphatic heterocycles. The molecule has 2 N–H and O–H groups in total. The summed E-state index contributed by atoms with van der Waals surface area (Å²) in [6.07, 6.45) is 9.47. The molecule has 0 aliphatic carbocycles. The maximum absolute atomic E-state index is 13.3. The van der Waals surface area contributed by atoms with Crippen LogP contribution in [0.5, 0.6) is 0 Å². The minimum atomic E-state index is -0.243. The highest BCUT2D eigenvalue weighted by atomic mass is 16.1. The van der Waals surface area contributed by atoms with Crippen LogP contribution in [0.15, 0.2) is 55.0 Å². The number of hydrogen-bond donors (Lipinski definition) is 2. The number of piperidine rings is 1. The van der Waals surface area contributed by atoms with Gasteiger partial charge < -0.3 is 10.2 Å². The zero-order valence-corrected chi connectivity index (χ0v) is 22.6. The third kappa shape index (κ3) is 6.16. The molecule has 0 radical (unpaired) electrons. The Kier molecular flexibility index (Phi) is 7.62. The van der Waals surface area contributed by atoms with Crippen LogP contribution in [0, 0.1) is 0 Å². The minimum absolute atomic E-state index is 0.243. The number of hydrogen-bond acceptors (Lipinski definition) is 7. The van der Waals surface area contributed by atoms with Gasteiger partial charge in [0.05, 0.1) is 11.2 Å². The van der Waals surface area contributed by atoms with E-state index < -0.39 is 0 Å². The lowest BCUT2D eigenvalue weighted by molar-refractivity contribution is 0.102. The maximum atomic E-state index is 13.3. The smallest absolute Gasteiger partial charge is 0.276 e. The molecule has 2 fully saturated rings. The van der Waals surface area contributed by atoms with Crippen molar-refractivity contribution in [3.8, 4) is 11.1 Å². The van der Waals surface area contributed by atoms with Crippen molar-refractivity contribution in [3.63, 3.8) is 0 Å². The summed E-state index contributed by atoms with van der Waals surface area (Å²) < 4.78 is 0. The molecule has 39 heavy (non-hydrogen) atoms. The third-order valence-corrected chi connectivity index (χ3v) is 7.82. The van der Waals surface area contributed by atoms with Crippen LogP contribution in [0.25, 0.3) is 22.0 Å². The Balaban J connectivity index is 1.17. The monoisotopic (exact) mass is 524 g/mol. The molecule has 0 unspecified atom stereocenters. The van der Waals surface area contributed by atoms with Crippen LogP contribution in [0.1, 0.15) is 41.0 Å². The molecule has 5 heterocycles. The molecule has 202 valence electrons. The number of H-pyrrole nitrogens is 1. The summed E-state index contributed by atoms with van der Waals surface area (Å²) in [6.45, 7) is 8.16. The number of carbonyl (C=O) groups is 1. The average Bonchev–Trinajstić information content (AvgIpc) is 3.39. The van der Waals surface area contributed by atoms with Crippen LogP contribution in [0.2, 0.25) is 0 Å². The first-order chi connectivity index (χ1) is 19.1. The Morgan fingerprint density at radius 3 is 2.56 bits per heavy atom. The van der Waals surface area contributed by atoms with Crippen molar-refractivity contribution in [2.45, 2.75) is 32.4 Å². The van der Waals surface area contributed by atoms with E-state index in [1.165, 1.54) is 24.8 Å². The second kappa shape index (κ2) is 11.6. The van der Waals surface area contributed by atoms with Gasteiger partial charge in [0.1, 0.15) is 0 Å². The lowest BCUT2D eigenvalue weighted by atomic mass is 10.0. The first-order valence-corrected chi connectivity index (χ1v) is 13.9.